The molecule has 0 saturated carbocycles. The number of hydrogen-bond acceptors (Lipinski definition) is 2. The van der Waals surface area contributed by atoms with E-state index in [2.05, 4.69) is 15.6 Å². The average Bonchev–Trinajstić information content (AvgIpc) is 2.61. The summed E-state index contributed by atoms with van der Waals surface area (Å²) in [6.07, 6.45) is 0. The SMILES string of the molecule is CN=C(NCc1ccc(F)c(CO)c1)NC(C)c1ccc(C)c(F)c1.I. The Morgan fingerprint density at radius 1 is 1.15 bits per heavy atom. The smallest absolute Gasteiger partial charge is 0.191 e. The van der Waals surface area contributed by atoms with Crippen LogP contribution in [0.4, 0.5) is 8.78 Å². The van der Waals surface area contributed by atoms with Crippen LogP contribution in [0.1, 0.15) is 35.2 Å². The van der Waals surface area contributed by atoms with Crippen molar-refractivity contribution in [3.05, 3.63) is 70.3 Å². The Balaban J connectivity index is 0.00000338. The molecule has 0 aliphatic carbocycles. The van der Waals surface area contributed by atoms with E-state index < -0.39 is 5.82 Å². The molecule has 0 amide bonds. The number of aliphatic imine (C=N–C) groups is 1. The van der Waals surface area contributed by atoms with Gasteiger partial charge in [0, 0.05) is 19.2 Å². The molecule has 3 N–H and O–H groups in total. The molecule has 4 nitrogen and oxygen atoms in total. The highest BCUT2D eigenvalue weighted by Gasteiger charge is 2.10. The second-order valence-electron chi connectivity index (χ2n) is 5.88. The number of hydrogen-bond donors (Lipinski definition) is 3. The Morgan fingerprint density at radius 3 is 2.50 bits per heavy atom. The van der Waals surface area contributed by atoms with Crippen LogP contribution >= 0.6 is 24.0 Å². The normalized spacial score (nSPS) is 12.3. The van der Waals surface area contributed by atoms with Crippen molar-refractivity contribution in [1.29, 1.82) is 0 Å². The summed E-state index contributed by atoms with van der Waals surface area (Å²) in [6, 6.07) is 9.57. The highest BCUT2D eigenvalue weighted by molar-refractivity contribution is 14.0. The molecule has 7 heteroatoms. The Bertz CT molecular complexity index is 768. The third kappa shape index (κ3) is 5.91. The molecule has 0 spiro atoms. The Hall–Kier alpha value is -1.74. The lowest BCUT2D eigenvalue weighted by Gasteiger charge is -2.19. The topological polar surface area (TPSA) is 56.7 Å². The summed E-state index contributed by atoms with van der Waals surface area (Å²) >= 11 is 0. The lowest BCUT2D eigenvalue weighted by molar-refractivity contribution is 0.275. The van der Waals surface area contributed by atoms with Crippen LogP contribution in [0.25, 0.3) is 0 Å². The number of nitrogens with one attached hydrogen (secondary N) is 2. The van der Waals surface area contributed by atoms with Gasteiger partial charge in [0.15, 0.2) is 5.96 Å². The molecule has 0 radical (unpaired) electrons. The van der Waals surface area contributed by atoms with Crippen molar-refractivity contribution >= 4 is 29.9 Å². The highest BCUT2D eigenvalue weighted by atomic mass is 127. The van der Waals surface area contributed by atoms with E-state index in [4.69, 9.17) is 5.11 Å². The number of aryl methyl sites for hydroxylation is 1. The monoisotopic (exact) mass is 475 g/mol. The van der Waals surface area contributed by atoms with Gasteiger partial charge < -0.3 is 15.7 Å². The van der Waals surface area contributed by atoms with Gasteiger partial charge in [-0.25, -0.2) is 8.78 Å². The maximum Gasteiger partial charge on any atom is 0.191 e. The summed E-state index contributed by atoms with van der Waals surface area (Å²) in [7, 11) is 1.64. The zero-order valence-electron chi connectivity index (χ0n) is 15.0. The minimum Gasteiger partial charge on any atom is -0.392 e. The molecule has 0 aliphatic rings. The second-order valence-corrected chi connectivity index (χ2v) is 5.88. The van der Waals surface area contributed by atoms with E-state index in [-0.39, 0.29) is 48.0 Å². The van der Waals surface area contributed by atoms with Gasteiger partial charge in [0.2, 0.25) is 0 Å². The predicted octanol–water partition coefficient (Wildman–Crippen LogP) is 3.81. The fraction of sp³-hybridized carbons (Fsp3) is 0.316. The van der Waals surface area contributed by atoms with Crippen LogP contribution in [0.5, 0.6) is 0 Å². The third-order valence-electron chi connectivity index (χ3n) is 4.01. The van der Waals surface area contributed by atoms with Crippen molar-refractivity contribution in [2.24, 2.45) is 4.99 Å². The van der Waals surface area contributed by atoms with Gasteiger partial charge in [-0.2, -0.15) is 0 Å². The minimum atomic E-state index is -0.427. The molecule has 2 rings (SSSR count). The maximum absolute atomic E-state index is 13.7. The summed E-state index contributed by atoms with van der Waals surface area (Å²) in [6.45, 7) is 3.71. The van der Waals surface area contributed by atoms with Crippen LogP contribution in [-0.2, 0) is 13.2 Å². The van der Waals surface area contributed by atoms with E-state index in [1.807, 2.05) is 13.0 Å². The molecule has 142 valence electrons. The third-order valence-corrected chi connectivity index (χ3v) is 4.01. The molecular formula is C19H24F2IN3O. The number of halogens is 3. The van der Waals surface area contributed by atoms with Crippen molar-refractivity contribution in [3.8, 4) is 0 Å². The van der Waals surface area contributed by atoms with Crippen LogP contribution in [0, 0.1) is 18.6 Å². The standard InChI is InChI=1S/C19H23F2N3O.HI/c1-12-4-6-15(9-18(12)21)13(2)24-19(22-3)23-10-14-5-7-17(20)16(8-14)11-25;/h4-9,13,25H,10-11H2,1-3H3,(H2,22,23,24);1H. The lowest BCUT2D eigenvalue weighted by Crippen LogP contribution is -2.38. The van der Waals surface area contributed by atoms with Crippen molar-refractivity contribution in [2.75, 3.05) is 7.05 Å². The van der Waals surface area contributed by atoms with Crippen molar-refractivity contribution in [1.82, 2.24) is 10.6 Å². The lowest BCUT2D eigenvalue weighted by atomic mass is 10.1. The van der Waals surface area contributed by atoms with Crippen LogP contribution in [0.3, 0.4) is 0 Å². The number of nitrogens with zero attached hydrogens (tertiary/aromatic N) is 1. The molecule has 2 aromatic rings. The van der Waals surface area contributed by atoms with Gasteiger partial charge >= 0.3 is 0 Å². The van der Waals surface area contributed by atoms with Crippen LogP contribution in [0.2, 0.25) is 0 Å². The van der Waals surface area contributed by atoms with Gasteiger partial charge in [0.1, 0.15) is 11.6 Å². The molecule has 0 fully saturated rings. The quantitative estimate of drug-likeness (QED) is 0.350. The predicted molar refractivity (Wildman–Crippen MR) is 111 cm³/mol. The zero-order chi connectivity index (χ0) is 18.4. The van der Waals surface area contributed by atoms with E-state index in [1.54, 1.807) is 32.2 Å². The van der Waals surface area contributed by atoms with Gasteiger partial charge in [-0.15, -0.1) is 24.0 Å². The number of benzene rings is 2. The minimum absolute atomic E-state index is 0. The summed E-state index contributed by atoms with van der Waals surface area (Å²) in [4.78, 5) is 4.15. The molecular weight excluding hydrogens is 451 g/mol. The number of aliphatic hydroxyl groups excluding tert-OH is 1. The maximum atomic E-state index is 13.7. The fourth-order valence-corrected chi connectivity index (χ4v) is 2.41. The van der Waals surface area contributed by atoms with Crippen LogP contribution < -0.4 is 10.6 Å². The van der Waals surface area contributed by atoms with Crippen LogP contribution in [-0.4, -0.2) is 18.1 Å². The first-order valence-corrected chi connectivity index (χ1v) is 8.06. The van der Waals surface area contributed by atoms with Crippen molar-refractivity contribution in [2.45, 2.75) is 33.0 Å². The zero-order valence-corrected chi connectivity index (χ0v) is 17.3. The highest BCUT2D eigenvalue weighted by Crippen LogP contribution is 2.16. The molecule has 1 unspecified atom stereocenters. The molecule has 2 aromatic carbocycles. The molecule has 1 atom stereocenters. The first kappa shape index (κ1) is 22.3. The van der Waals surface area contributed by atoms with Gasteiger partial charge in [-0.05, 0) is 48.7 Å². The van der Waals surface area contributed by atoms with Gasteiger partial charge in [-0.3, -0.25) is 4.99 Å². The first-order valence-electron chi connectivity index (χ1n) is 8.06. The summed E-state index contributed by atoms with van der Waals surface area (Å²) in [5.41, 5.74) is 2.50. The summed E-state index contributed by atoms with van der Waals surface area (Å²) in [5.74, 6) is -0.121. The number of rotatable bonds is 5. The second kappa shape index (κ2) is 10.4. The summed E-state index contributed by atoms with van der Waals surface area (Å²) in [5, 5.41) is 15.4. The van der Waals surface area contributed by atoms with Gasteiger partial charge in [0.25, 0.3) is 0 Å². The van der Waals surface area contributed by atoms with E-state index in [0.717, 1.165) is 11.1 Å². The molecule has 0 saturated heterocycles. The van der Waals surface area contributed by atoms with E-state index >= 15 is 0 Å². The number of aliphatic hydroxyl groups is 1. The van der Waals surface area contributed by atoms with Crippen molar-refractivity contribution in [3.63, 3.8) is 0 Å². The van der Waals surface area contributed by atoms with Gasteiger partial charge in [-0.1, -0.05) is 18.2 Å². The van der Waals surface area contributed by atoms with E-state index in [1.165, 1.54) is 12.1 Å². The van der Waals surface area contributed by atoms with E-state index in [9.17, 15) is 8.78 Å². The Morgan fingerprint density at radius 2 is 1.88 bits per heavy atom. The van der Waals surface area contributed by atoms with Gasteiger partial charge in [0.05, 0.1) is 12.6 Å². The Kier molecular flexibility index (Phi) is 8.94. The molecule has 0 aliphatic heterocycles. The average molecular weight is 475 g/mol. The number of guanidine groups is 1. The molecule has 0 bridgehead atoms. The fourth-order valence-electron chi connectivity index (χ4n) is 2.41. The Labute approximate surface area is 169 Å². The van der Waals surface area contributed by atoms with Crippen molar-refractivity contribution < 1.29 is 13.9 Å². The van der Waals surface area contributed by atoms with E-state index in [0.29, 0.717) is 18.1 Å². The molecule has 0 aromatic heterocycles. The molecule has 26 heavy (non-hydrogen) atoms. The molecule has 0 heterocycles. The van der Waals surface area contributed by atoms with Crippen LogP contribution in [0.15, 0.2) is 41.4 Å². The first-order chi connectivity index (χ1) is 11.9. The summed E-state index contributed by atoms with van der Waals surface area (Å²) < 4.78 is 27.1. The largest absolute Gasteiger partial charge is 0.392 e.